The van der Waals surface area contributed by atoms with E-state index in [-0.39, 0.29) is 15.9 Å². The Morgan fingerprint density at radius 2 is 1.96 bits per heavy atom. The molecule has 2 aromatic carbocycles. The molecule has 0 atom stereocenters. The van der Waals surface area contributed by atoms with Crippen molar-refractivity contribution in [2.45, 2.75) is 9.79 Å². The highest BCUT2D eigenvalue weighted by Gasteiger charge is 2.21. The first-order valence-electron chi connectivity index (χ1n) is 8.20. The van der Waals surface area contributed by atoms with Gasteiger partial charge in [-0.1, -0.05) is 29.4 Å². The molecule has 0 unspecified atom stereocenters. The van der Waals surface area contributed by atoms with Gasteiger partial charge in [0, 0.05) is 22.4 Å². The Labute approximate surface area is 167 Å². The van der Waals surface area contributed by atoms with Gasteiger partial charge in [0.05, 0.1) is 12.6 Å². The van der Waals surface area contributed by atoms with Gasteiger partial charge in [-0.25, -0.2) is 4.79 Å². The first kappa shape index (κ1) is 18.5. The fourth-order valence-corrected chi connectivity index (χ4v) is 4.17. The molecule has 0 amide bonds. The van der Waals surface area contributed by atoms with Gasteiger partial charge in [-0.15, -0.1) is 0 Å². The van der Waals surface area contributed by atoms with E-state index in [0.717, 1.165) is 11.8 Å². The van der Waals surface area contributed by atoms with Gasteiger partial charge >= 0.3 is 5.63 Å². The number of ether oxygens (including phenoxy) is 1. The molecule has 0 spiro atoms. The zero-order chi connectivity index (χ0) is 20.0. The van der Waals surface area contributed by atoms with Crippen molar-refractivity contribution in [2.75, 3.05) is 7.11 Å². The average Bonchev–Trinajstić information content (AvgIpc) is 2.68. The number of aryl methyl sites for hydroxylation is 1. The Morgan fingerprint density at radius 1 is 1.18 bits per heavy atom. The number of hydrogen-bond acceptors (Lipinski definition) is 6. The predicted octanol–water partition coefficient (Wildman–Crippen LogP) is 4.16. The summed E-state index contributed by atoms with van der Waals surface area (Å²) >= 11 is 6.97. The largest absolute Gasteiger partial charge is 0.505 e. The van der Waals surface area contributed by atoms with Crippen molar-refractivity contribution in [3.8, 4) is 11.5 Å². The van der Waals surface area contributed by atoms with Crippen LogP contribution in [0.5, 0.6) is 11.5 Å². The molecule has 2 aromatic heterocycles. The first-order valence-corrected chi connectivity index (χ1v) is 9.40. The molecule has 8 heteroatoms. The summed E-state index contributed by atoms with van der Waals surface area (Å²) in [5.74, 6) is 0.119. The molecule has 1 N–H and O–H groups in total. The number of aromatic nitrogens is 1. The molecule has 28 heavy (non-hydrogen) atoms. The van der Waals surface area contributed by atoms with E-state index < -0.39 is 16.9 Å². The monoisotopic (exact) mass is 415 g/mol. The molecule has 0 saturated carbocycles. The smallest absolute Gasteiger partial charge is 0.354 e. The van der Waals surface area contributed by atoms with Gasteiger partial charge in [0.1, 0.15) is 16.0 Å². The molecule has 6 nitrogen and oxygen atoms in total. The van der Waals surface area contributed by atoms with Gasteiger partial charge in [-0.05, 0) is 36.4 Å². The molecule has 4 rings (SSSR count). The van der Waals surface area contributed by atoms with Crippen LogP contribution in [-0.4, -0.2) is 16.8 Å². The molecule has 0 aliphatic rings. The standard InChI is InChI=1S/C20H14ClNO5S/c1-22-14-7-6-11(26-2)9-13(14)17-15(19(22)24)16(23)18(20(25)27-17)28-12-5-3-4-10(21)8-12/h3-9,23H,1-2H3. The zero-order valence-electron chi connectivity index (χ0n) is 14.9. The highest BCUT2D eigenvalue weighted by atomic mass is 35.5. The summed E-state index contributed by atoms with van der Waals surface area (Å²) in [6.07, 6.45) is 0. The van der Waals surface area contributed by atoms with Crippen molar-refractivity contribution in [3.63, 3.8) is 0 Å². The molecule has 142 valence electrons. The minimum atomic E-state index is -0.743. The molecule has 0 aliphatic carbocycles. The molecule has 0 saturated heterocycles. The number of halogens is 1. The van der Waals surface area contributed by atoms with Crippen LogP contribution in [0, 0.1) is 0 Å². The maximum atomic E-state index is 12.9. The molecule has 0 radical (unpaired) electrons. The topological polar surface area (TPSA) is 81.7 Å². The van der Waals surface area contributed by atoms with E-state index in [1.165, 1.54) is 11.7 Å². The van der Waals surface area contributed by atoms with Crippen molar-refractivity contribution in [1.29, 1.82) is 0 Å². The quantitative estimate of drug-likeness (QED) is 0.506. The van der Waals surface area contributed by atoms with E-state index in [1.807, 2.05) is 0 Å². The van der Waals surface area contributed by atoms with E-state index >= 15 is 0 Å². The molecule has 0 aliphatic heterocycles. The minimum absolute atomic E-state index is 0.0231. The number of benzene rings is 2. The summed E-state index contributed by atoms with van der Waals surface area (Å²) in [4.78, 5) is 26.0. The summed E-state index contributed by atoms with van der Waals surface area (Å²) in [5.41, 5.74) is -0.639. The van der Waals surface area contributed by atoms with Gasteiger partial charge in [0.2, 0.25) is 0 Å². The second-order valence-electron chi connectivity index (χ2n) is 6.08. The molecular formula is C20H14ClNO5S. The van der Waals surface area contributed by atoms with Crippen LogP contribution >= 0.6 is 23.4 Å². The number of fused-ring (bicyclic) bond motifs is 3. The molecule has 0 fully saturated rings. The highest BCUT2D eigenvalue weighted by Crippen LogP contribution is 2.38. The summed E-state index contributed by atoms with van der Waals surface area (Å²) in [7, 11) is 3.10. The maximum Gasteiger partial charge on any atom is 0.354 e. The second-order valence-corrected chi connectivity index (χ2v) is 7.60. The summed E-state index contributed by atoms with van der Waals surface area (Å²) in [6, 6.07) is 11.9. The minimum Gasteiger partial charge on any atom is -0.505 e. The van der Waals surface area contributed by atoms with Crippen LogP contribution < -0.4 is 15.9 Å². The Hall–Kier alpha value is -2.90. The maximum absolute atomic E-state index is 12.9. The van der Waals surface area contributed by atoms with Crippen molar-refractivity contribution >= 4 is 45.2 Å². The van der Waals surface area contributed by atoms with Crippen molar-refractivity contribution in [2.24, 2.45) is 7.05 Å². The van der Waals surface area contributed by atoms with E-state index in [4.69, 9.17) is 20.8 Å². The number of rotatable bonds is 3. The second kappa shape index (κ2) is 6.92. The summed E-state index contributed by atoms with van der Waals surface area (Å²) in [5, 5.41) is 11.7. The van der Waals surface area contributed by atoms with Crippen molar-refractivity contribution in [1.82, 2.24) is 4.57 Å². The lowest BCUT2D eigenvalue weighted by molar-refractivity contribution is 0.415. The molecule has 4 aromatic rings. The third-order valence-electron chi connectivity index (χ3n) is 4.40. The van der Waals surface area contributed by atoms with Crippen LogP contribution in [0.15, 0.2) is 66.3 Å². The highest BCUT2D eigenvalue weighted by molar-refractivity contribution is 7.99. The van der Waals surface area contributed by atoms with Gasteiger partial charge in [-0.3, -0.25) is 4.79 Å². The third kappa shape index (κ3) is 2.93. The zero-order valence-corrected chi connectivity index (χ0v) is 16.4. The number of methoxy groups -OCH3 is 1. The third-order valence-corrected chi connectivity index (χ3v) is 5.69. The fourth-order valence-electron chi connectivity index (χ4n) is 3.03. The van der Waals surface area contributed by atoms with E-state index in [9.17, 15) is 14.7 Å². The molecular weight excluding hydrogens is 402 g/mol. The molecule has 2 heterocycles. The Bertz CT molecular complexity index is 1360. The number of aromatic hydroxyl groups is 1. The van der Waals surface area contributed by atoms with Gasteiger partial charge in [0.15, 0.2) is 11.3 Å². The molecule has 0 bridgehead atoms. The Kier molecular flexibility index (Phi) is 4.56. The lowest BCUT2D eigenvalue weighted by atomic mass is 10.1. The summed E-state index contributed by atoms with van der Waals surface area (Å²) < 4.78 is 12.1. The van der Waals surface area contributed by atoms with Crippen LogP contribution in [0.25, 0.3) is 21.9 Å². The van der Waals surface area contributed by atoms with Crippen molar-refractivity contribution in [3.05, 3.63) is 68.3 Å². The van der Waals surface area contributed by atoms with Crippen LogP contribution in [0.4, 0.5) is 0 Å². The van der Waals surface area contributed by atoms with Crippen LogP contribution in [0.1, 0.15) is 0 Å². The fraction of sp³-hybridized carbons (Fsp3) is 0.100. The number of nitrogens with zero attached hydrogens (tertiary/aromatic N) is 1. The van der Waals surface area contributed by atoms with Crippen LogP contribution in [0.3, 0.4) is 0 Å². The average molecular weight is 416 g/mol. The van der Waals surface area contributed by atoms with Crippen molar-refractivity contribution < 1.29 is 14.3 Å². The van der Waals surface area contributed by atoms with E-state index in [2.05, 4.69) is 0 Å². The lowest BCUT2D eigenvalue weighted by Crippen LogP contribution is -2.19. The van der Waals surface area contributed by atoms with Crippen LogP contribution in [-0.2, 0) is 7.05 Å². The predicted molar refractivity (Wildman–Crippen MR) is 109 cm³/mol. The van der Waals surface area contributed by atoms with Gasteiger partial charge in [0.25, 0.3) is 5.56 Å². The lowest BCUT2D eigenvalue weighted by Gasteiger charge is -2.12. The Balaban J connectivity index is 2.06. The van der Waals surface area contributed by atoms with Crippen LogP contribution in [0.2, 0.25) is 5.02 Å². The van der Waals surface area contributed by atoms with Gasteiger partial charge in [-0.2, -0.15) is 0 Å². The van der Waals surface area contributed by atoms with E-state index in [0.29, 0.717) is 26.6 Å². The first-order chi connectivity index (χ1) is 13.4. The van der Waals surface area contributed by atoms with Gasteiger partial charge < -0.3 is 18.8 Å². The number of pyridine rings is 1. The van der Waals surface area contributed by atoms with E-state index in [1.54, 1.807) is 49.5 Å². The number of hydrogen-bond donors (Lipinski definition) is 1. The SMILES string of the molecule is COc1ccc2c(c1)c1oc(=O)c(Sc3cccc(Cl)c3)c(O)c1c(=O)n2C. The summed E-state index contributed by atoms with van der Waals surface area (Å²) in [6.45, 7) is 0. The normalized spacial score (nSPS) is 11.2. The Morgan fingerprint density at radius 3 is 2.68 bits per heavy atom.